The Bertz CT molecular complexity index is 454. The lowest BCUT2D eigenvalue weighted by molar-refractivity contribution is 0.112. The molecule has 2 aromatic heterocycles. The number of aromatic nitrogens is 4. The van der Waals surface area contributed by atoms with Crippen LogP contribution in [0.5, 0.6) is 0 Å². The number of carbonyl (C=O) groups is 1. The lowest BCUT2D eigenvalue weighted by Crippen LogP contribution is -1.99. The third kappa shape index (κ3) is 1.49. The number of pyridine rings is 1. The topological polar surface area (TPSA) is 60.7 Å². The predicted molar refractivity (Wildman–Crippen MR) is 49.6 cm³/mol. The standard InChI is InChI=1S/C8H5ClN4O/c9-7-3-8(10-4-6(7)5-14)13-2-1-11-12-13/h1-5H. The molecular weight excluding hydrogens is 204 g/mol. The number of halogens is 1. The van der Waals surface area contributed by atoms with Crippen molar-refractivity contribution in [3.05, 3.63) is 35.2 Å². The highest BCUT2D eigenvalue weighted by molar-refractivity contribution is 6.33. The minimum Gasteiger partial charge on any atom is -0.298 e. The van der Waals surface area contributed by atoms with E-state index >= 15 is 0 Å². The zero-order valence-corrected chi connectivity index (χ0v) is 7.72. The van der Waals surface area contributed by atoms with Gasteiger partial charge < -0.3 is 0 Å². The fourth-order valence-electron chi connectivity index (χ4n) is 0.974. The number of aldehydes is 1. The van der Waals surface area contributed by atoms with Gasteiger partial charge in [-0.3, -0.25) is 4.79 Å². The van der Waals surface area contributed by atoms with E-state index in [-0.39, 0.29) is 0 Å². The second-order valence-electron chi connectivity index (χ2n) is 2.53. The third-order valence-corrected chi connectivity index (χ3v) is 1.98. The maximum atomic E-state index is 10.5. The molecule has 0 aliphatic heterocycles. The lowest BCUT2D eigenvalue weighted by Gasteiger charge is -2.00. The first kappa shape index (κ1) is 8.83. The molecule has 0 fully saturated rings. The molecule has 14 heavy (non-hydrogen) atoms. The van der Waals surface area contributed by atoms with Crippen molar-refractivity contribution in [1.82, 2.24) is 20.0 Å². The van der Waals surface area contributed by atoms with Crippen LogP contribution in [0.3, 0.4) is 0 Å². The number of carbonyl (C=O) groups excluding carboxylic acids is 1. The van der Waals surface area contributed by atoms with Crippen molar-refractivity contribution in [1.29, 1.82) is 0 Å². The second-order valence-corrected chi connectivity index (χ2v) is 2.94. The number of hydrogen-bond donors (Lipinski definition) is 0. The van der Waals surface area contributed by atoms with Gasteiger partial charge in [0.25, 0.3) is 0 Å². The zero-order valence-electron chi connectivity index (χ0n) is 6.96. The molecule has 0 unspecified atom stereocenters. The molecule has 0 saturated heterocycles. The summed E-state index contributed by atoms with van der Waals surface area (Å²) in [5.41, 5.74) is 0.357. The largest absolute Gasteiger partial charge is 0.298 e. The maximum absolute atomic E-state index is 10.5. The summed E-state index contributed by atoms with van der Waals surface area (Å²) >= 11 is 5.81. The summed E-state index contributed by atoms with van der Waals surface area (Å²) in [4.78, 5) is 14.5. The molecule has 0 aromatic carbocycles. The molecule has 0 aliphatic carbocycles. The summed E-state index contributed by atoms with van der Waals surface area (Å²) in [7, 11) is 0. The monoisotopic (exact) mass is 208 g/mol. The van der Waals surface area contributed by atoms with E-state index in [9.17, 15) is 4.79 Å². The molecule has 70 valence electrons. The average molecular weight is 209 g/mol. The van der Waals surface area contributed by atoms with Gasteiger partial charge in [-0.2, -0.15) is 0 Å². The van der Waals surface area contributed by atoms with Crippen LogP contribution in [0.4, 0.5) is 0 Å². The Balaban J connectivity index is 2.48. The summed E-state index contributed by atoms with van der Waals surface area (Å²) in [6, 6.07) is 1.56. The van der Waals surface area contributed by atoms with Gasteiger partial charge in [-0.05, 0) is 0 Å². The lowest BCUT2D eigenvalue weighted by atomic mass is 10.3. The highest BCUT2D eigenvalue weighted by Gasteiger charge is 2.03. The molecule has 0 amide bonds. The van der Waals surface area contributed by atoms with Gasteiger partial charge >= 0.3 is 0 Å². The smallest absolute Gasteiger partial charge is 0.156 e. The van der Waals surface area contributed by atoms with Gasteiger partial charge in [0.05, 0.1) is 23.0 Å². The summed E-state index contributed by atoms with van der Waals surface area (Å²) in [5, 5.41) is 7.72. The van der Waals surface area contributed by atoms with Crippen molar-refractivity contribution in [2.75, 3.05) is 0 Å². The van der Waals surface area contributed by atoms with E-state index in [0.29, 0.717) is 22.7 Å². The Morgan fingerprint density at radius 2 is 2.36 bits per heavy atom. The Morgan fingerprint density at radius 3 is 2.93 bits per heavy atom. The Kier molecular flexibility index (Phi) is 2.24. The first-order valence-electron chi connectivity index (χ1n) is 3.78. The molecular formula is C8H5ClN4O. The molecule has 2 rings (SSSR count). The van der Waals surface area contributed by atoms with E-state index in [2.05, 4.69) is 15.3 Å². The first-order valence-corrected chi connectivity index (χ1v) is 4.16. The van der Waals surface area contributed by atoms with Crippen LogP contribution in [0.15, 0.2) is 24.7 Å². The van der Waals surface area contributed by atoms with Crippen LogP contribution >= 0.6 is 11.6 Å². The van der Waals surface area contributed by atoms with E-state index in [1.807, 2.05) is 0 Å². The molecule has 6 heteroatoms. The first-order chi connectivity index (χ1) is 6.81. The highest BCUT2D eigenvalue weighted by Crippen LogP contribution is 2.15. The predicted octanol–water partition coefficient (Wildman–Crippen LogP) is 1.13. The van der Waals surface area contributed by atoms with Crippen molar-refractivity contribution in [2.24, 2.45) is 0 Å². The Labute approximate surface area is 84.3 Å². The van der Waals surface area contributed by atoms with Crippen LogP contribution in [-0.2, 0) is 0 Å². The Morgan fingerprint density at radius 1 is 1.50 bits per heavy atom. The molecule has 0 bridgehead atoms. The van der Waals surface area contributed by atoms with E-state index in [0.717, 1.165) is 0 Å². The third-order valence-electron chi connectivity index (χ3n) is 1.65. The zero-order chi connectivity index (χ0) is 9.97. The quantitative estimate of drug-likeness (QED) is 0.694. The average Bonchev–Trinajstić information content (AvgIpc) is 2.70. The summed E-state index contributed by atoms with van der Waals surface area (Å²) in [5.74, 6) is 0.526. The SMILES string of the molecule is O=Cc1cnc(-n2ccnn2)cc1Cl. The highest BCUT2D eigenvalue weighted by atomic mass is 35.5. The molecule has 2 heterocycles. The van der Waals surface area contributed by atoms with Crippen LogP contribution in [0.1, 0.15) is 10.4 Å². The fourth-order valence-corrected chi connectivity index (χ4v) is 1.16. The molecule has 0 saturated carbocycles. The van der Waals surface area contributed by atoms with Crippen molar-refractivity contribution in [3.8, 4) is 5.82 Å². The minimum atomic E-state index is 0.348. The van der Waals surface area contributed by atoms with Crippen LogP contribution in [0, 0.1) is 0 Å². The van der Waals surface area contributed by atoms with E-state index in [1.165, 1.54) is 17.1 Å². The van der Waals surface area contributed by atoms with Gasteiger partial charge in [0.1, 0.15) is 0 Å². The van der Waals surface area contributed by atoms with Gasteiger partial charge in [-0.15, -0.1) is 5.10 Å². The van der Waals surface area contributed by atoms with Crippen LogP contribution in [0.2, 0.25) is 5.02 Å². The number of rotatable bonds is 2. The normalized spacial score (nSPS) is 10.1. The van der Waals surface area contributed by atoms with Gasteiger partial charge in [0, 0.05) is 12.3 Å². The van der Waals surface area contributed by atoms with E-state index in [4.69, 9.17) is 11.6 Å². The molecule has 0 aliphatic rings. The molecule has 2 aromatic rings. The molecule has 5 nitrogen and oxygen atoms in total. The van der Waals surface area contributed by atoms with Crippen LogP contribution in [0.25, 0.3) is 5.82 Å². The van der Waals surface area contributed by atoms with E-state index in [1.54, 1.807) is 12.3 Å². The van der Waals surface area contributed by atoms with Crippen LogP contribution in [-0.4, -0.2) is 26.3 Å². The van der Waals surface area contributed by atoms with E-state index < -0.39 is 0 Å². The van der Waals surface area contributed by atoms with Crippen molar-refractivity contribution in [3.63, 3.8) is 0 Å². The van der Waals surface area contributed by atoms with Gasteiger partial charge in [-0.25, -0.2) is 9.67 Å². The molecule has 0 atom stereocenters. The summed E-state index contributed by atoms with van der Waals surface area (Å²) < 4.78 is 1.46. The maximum Gasteiger partial charge on any atom is 0.156 e. The van der Waals surface area contributed by atoms with Crippen molar-refractivity contribution >= 4 is 17.9 Å². The van der Waals surface area contributed by atoms with Gasteiger partial charge in [0.15, 0.2) is 12.1 Å². The van der Waals surface area contributed by atoms with Crippen molar-refractivity contribution < 1.29 is 4.79 Å². The van der Waals surface area contributed by atoms with Gasteiger partial charge in [-0.1, -0.05) is 16.8 Å². The summed E-state index contributed by atoms with van der Waals surface area (Å²) in [6.45, 7) is 0. The summed E-state index contributed by atoms with van der Waals surface area (Å²) in [6.07, 6.45) is 5.22. The second kappa shape index (κ2) is 3.55. The molecule has 0 N–H and O–H groups in total. The van der Waals surface area contributed by atoms with Crippen molar-refractivity contribution in [2.45, 2.75) is 0 Å². The Hall–Kier alpha value is -1.75. The number of hydrogen-bond acceptors (Lipinski definition) is 4. The van der Waals surface area contributed by atoms with Crippen LogP contribution < -0.4 is 0 Å². The fraction of sp³-hybridized carbons (Fsp3) is 0. The number of nitrogens with zero attached hydrogens (tertiary/aromatic N) is 4. The molecule has 0 radical (unpaired) electrons. The molecule has 0 spiro atoms. The minimum absolute atomic E-state index is 0.348. The van der Waals surface area contributed by atoms with Gasteiger partial charge in [0.2, 0.25) is 0 Å².